The second-order valence-corrected chi connectivity index (χ2v) is 4.75. The number of hydrogen-bond acceptors (Lipinski definition) is 3. The van der Waals surface area contributed by atoms with Crippen LogP contribution in [0.25, 0.3) is 0 Å². The summed E-state index contributed by atoms with van der Waals surface area (Å²) in [6.45, 7) is 7.13. The van der Waals surface area contributed by atoms with E-state index >= 15 is 0 Å². The van der Waals surface area contributed by atoms with Crippen molar-refractivity contribution >= 4 is 5.96 Å². The molecule has 0 saturated carbocycles. The Morgan fingerprint density at radius 2 is 1.79 bits per heavy atom. The zero-order chi connectivity index (χ0) is 17.8. The van der Waals surface area contributed by atoms with E-state index in [4.69, 9.17) is 9.47 Å². The molecule has 0 aliphatic rings. The highest BCUT2D eigenvalue weighted by molar-refractivity contribution is 5.79. The molecule has 0 aliphatic heterocycles. The summed E-state index contributed by atoms with van der Waals surface area (Å²) in [4.78, 5) is 4.32. The number of nitrogens with zero attached hydrogens (tertiary/aromatic N) is 1. The maximum Gasteiger partial charge on any atom is 0.416 e. The predicted molar refractivity (Wildman–Crippen MR) is 87.4 cm³/mol. The van der Waals surface area contributed by atoms with Crippen LogP contribution in [0.5, 0.6) is 5.75 Å². The van der Waals surface area contributed by atoms with Crippen LogP contribution in [0.4, 0.5) is 13.2 Å². The molecule has 0 bridgehead atoms. The Bertz CT molecular complexity index is 490. The molecule has 1 aromatic rings. The van der Waals surface area contributed by atoms with Gasteiger partial charge >= 0.3 is 6.18 Å². The molecule has 0 heterocycles. The quantitative estimate of drug-likeness (QED) is 0.410. The van der Waals surface area contributed by atoms with E-state index in [0.717, 1.165) is 18.7 Å². The fourth-order valence-electron chi connectivity index (χ4n) is 1.79. The van der Waals surface area contributed by atoms with Gasteiger partial charge in [-0.15, -0.1) is 0 Å². The van der Waals surface area contributed by atoms with Crippen LogP contribution in [0.3, 0.4) is 0 Å². The van der Waals surface area contributed by atoms with Gasteiger partial charge in [0.1, 0.15) is 12.4 Å². The highest BCUT2D eigenvalue weighted by atomic mass is 19.4. The maximum absolute atomic E-state index is 12.5. The van der Waals surface area contributed by atoms with Crippen molar-refractivity contribution in [2.45, 2.75) is 20.0 Å². The number of guanidine groups is 1. The number of ether oxygens (including phenoxy) is 2. The summed E-state index contributed by atoms with van der Waals surface area (Å²) >= 11 is 0. The van der Waals surface area contributed by atoms with Crippen molar-refractivity contribution in [1.29, 1.82) is 0 Å². The first-order valence-electron chi connectivity index (χ1n) is 7.87. The number of rotatable bonds is 9. The molecule has 2 N–H and O–H groups in total. The first kappa shape index (κ1) is 20.1. The Labute approximate surface area is 140 Å². The minimum absolute atomic E-state index is 0.307. The molecular weight excluding hydrogens is 323 g/mol. The zero-order valence-electron chi connectivity index (χ0n) is 13.9. The normalized spacial score (nSPS) is 12.1. The third kappa shape index (κ3) is 8.05. The zero-order valence-corrected chi connectivity index (χ0v) is 13.9. The van der Waals surface area contributed by atoms with E-state index in [-0.39, 0.29) is 0 Å². The van der Waals surface area contributed by atoms with Crippen LogP contribution in [0, 0.1) is 0 Å². The van der Waals surface area contributed by atoms with Gasteiger partial charge in [-0.3, -0.25) is 4.99 Å². The molecule has 136 valence electrons. The third-order valence-electron chi connectivity index (χ3n) is 2.90. The molecule has 24 heavy (non-hydrogen) atoms. The van der Waals surface area contributed by atoms with Crippen LogP contribution in [0.1, 0.15) is 19.4 Å². The Balaban J connectivity index is 2.34. The highest BCUT2D eigenvalue weighted by Crippen LogP contribution is 2.30. The van der Waals surface area contributed by atoms with Gasteiger partial charge in [0.05, 0.1) is 25.3 Å². The second-order valence-electron chi connectivity index (χ2n) is 4.75. The fraction of sp³-hybridized carbons (Fsp3) is 0.562. The summed E-state index contributed by atoms with van der Waals surface area (Å²) in [5, 5.41) is 6.17. The van der Waals surface area contributed by atoms with E-state index in [9.17, 15) is 13.2 Å². The molecule has 1 rings (SSSR count). The van der Waals surface area contributed by atoms with Gasteiger partial charge in [0, 0.05) is 13.2 Å². The smallest absolute Gasteiger partial charge is 0.416 e. The lowest BCUT2D eigenvalue weighted by molar-refractivity contribution is -0.137. The van der Waals surface area contributed by atoms with Crippen LogP contribution >= 0.6 is 0 Å². The number of nitrogens with one attached hydrogen (secondary N) is 2. The highest BCUT2D eigenvalue weighted by Gasteiger charge is 2.29. The van der Waals surface area contributed by atoms with E-state index in [0.29, 0.717) is 44.6 Å². The molecule has 0 unspecified atom stereocenters. The minimum Gasteiger partial charge on any atom is -0.492 e. The number of halogens is 3. The summed E-state index contributed by atoms with van der Waals surface area (Å²) in [7, 11) is 0. The molecule has 0 atom stereocenters. The average molecular weight is 347 g/mol. The monoisotopic (exact) mass is 347 g/mol. The third-order valence-corrected chi connectivity index (χ3v) is 2.90. The molecule has 0 aromatic heterocycles. The van der Waals surface area contributed by atoms with Gasteiger partial charge in [0.15, 0.2) is 5.96 Å². The summed E-state index contributed by atoms with van der Waals surface area (Å²) in [5.41, 5.74) is -0.691. The largest absolute Gasteiger partial charge is 0.492 e. The maximum atomic E-state index is 12.5. The second kappa shape index (κ2) is 10.7. The Kier molecular flexibility index (Phi) is 8.99. The molecule has 5 nitrogen and oxygen atoms in total. The van der Waals surface area contributed by atoms with Crippen molar-refractivity contribution in [2.75, 3.05) is 39.5 Å². The Morgan fingerprint density at radius 1 is 1.08 bits per heavy atom. The van der Waals surface area contributed by atoms with Crippen LogP contribution in [-0.2, 0) is 10.9 Å². The molecule has 0 saturated heterocycles. The minimum atomic E-state index is -4.33. The van der Waals surface area contributed by atoms with E-state index in [2.05, 4.69) is 15.6 Å². The van der Waals surface area contributed by atoms with Crippen molar-refractivity contribution < 1.29 is 22.6 Å². The van der Waals surface area contributed by atoms with Crippen molar-refractivity contribution in [3.63, 3.8) is 0 Å². The van der Waals surface area contributed by atoms with Gasteiger partial charge in [-0.1, -0.05) is 0 Å². The van der Waals surface area contributed by atoms with Crippen LogP contribution in [-0.4, -0.2) is 45.4 Å². The van der Waals surface area contributed by atoms with Gasteiger partial charge in [0.2, 0.25) is 0 Å². The van der Waals surface area contributed by atoms with E-state index in [1.54, 1.807) is 0 Å². The number of benzene rings is 1. The molecular formula is C16H24F3N3O2. The lowest BCUT2D eigenvalue weighted by atomic mass is 10.2. The van der Waals surface area contributed by atoms with Crippen molar-refractivity contribution in [2.24, 2.45) is 4.99 Å². The standard InChI is InChI=1S/C16H24F3N3O2/c1-3-20-15(21-9-11-23-4-2)22-10-12-24-14-7-5-13(6-8-14)16(17,18)19/h5-8H,3-4,9-12H2,1-2H3,(H2,20,21,22). The van der Waals surface area contributed by atoms with Crippen LogP contribution in [0.2, 0.25) is 0 Å². The Morgan fingerprint density at radius 3 is 2.38 bits per heavy atom. The summed E-state index contributed by atoms with van der Waals surface area (Å²) in [6, 6.07) is 4.62. The SMILES string of the molecule is CCNC(=NCCOCC)NCCOc1ccc(C(F)(F)F)cc1. The topological polar surface area (TPSA) is 54.9 Å². The number of alkyl halides is 3. The van der Waals surface area contributed by atoms with Crippen molar-refractivity contribution in [3.05, 3.63) is 29.8 Å². The first-order chi connectivity index (χ1) is 11.5. The fourth-order valence-corrected chi connectivity index (χ4v) is 1.79. The van der Waals surface area contributed by atoms with E-state index in [1.165, 1.54) is 12.1 Å². The first-order valence-corrected chi connectivity index (χ1v) is 7.87. The van der Waals surface area contributed by atoms with Crippen LogP contribution < -0.4 is 15.4 Å². The molecule has 8 heteroatoms. The van der Waals surface area contributed by atoms with Crippen molar-refractivity contribution in [3.8, 4) is 5.75 Å². The molecule has 0 amide bonds. The molecule has 0 aliphatic carbocycles. The lowest BCUT2D eigenvalue weighted by Gasteiger charge is -2.12. The van der Waals surface area contributed by atoms with Crippen molar-refractivity contribution in [1.82, 2.24) is 10.6 Å². The molecule has 0 spiro atoms. The predicted octanol–water partition coefficient (Wildman–Crippen LogP) is 2.68. The average Bonchev–Trinajstić information content (AvgIpc) is 2.55. The van der Waals surface area contributed by atoms with Gasteiger partial charge in [-0.05, 0) is 38.1 Å². The molecule has 0 radical (unpaired) electrons. The number of aliphatic imine (C=N–C) groups is 1. The molecule has 0 fully saturated rings. The lowest BCUT2D eigenvalue weighted by Crippen LogP contribution is -2.39. The van der Waals surface area contributed by atoms with E-state index in [1.807, 2.05) is 13.8 Å². The van der Waals surface area contributed by atoms with Gasteiger partial charge < -0.3 is 20.1 Å². The van der Waals surface area contributed by atoms with E-state index < -0.39 is 11.7 Å². The summed E-state index contributed by atoms with van der Waals surface area (Å²) in [6.07, 6.45) is -4.33. The van der Waals surface area contributed by atoms with Gasteiger partial charge in [-0.2, -0.15) is 13.2 Å². The van der Waals surface area contributed by atoms with Crippen LogP contribution in [0.15, 0.2) is 29.3 Å². The number of hydrogen-bond donors (Lipinski definition) is 2. The summed E-state index contributed by atoms with van der Waals surface area (Å²) < 4.78 is 48.0. The van der Waals surface area contributed by atoms with Gasteiger partial charge in [0.25, 0.3) is 0 Å². The Hall–Kier alpha value is -1.96. The van der Waals surface area contributed by atoms with Gasteiger partial charge in [-0.25, -0.2) is 0 Å². The summed E-state index contributed by atoms with van der Waals surface area (Å²) in [5.74, 6) is 1.04. The molecule has 1 aromatic carbocycles.